The second-order valence-corrected chi connectivity index (χ2v) is 3.26. The zero-order chi connectivity index (χ0) is 8.27. The van der Waals surface area contributed by atoms with E-state index in [-0.39, 0.29) is 12.1 Å². The largest absolute Gasteiger partial charge is 0.380 e. The van der Waals surface area contributed by atoms with E-state index in [9.17, 15) is 0 Å². The summed E-state index contributed by atoms with van der Waals surface area (Å²) >= 11 is 1.56. The lowest BCUT2D eigenvalue weighted by atomic mass is 10.2. The Kier molecular flexibility index (Phi) is 2.99. The Morgan fingerprint density at radius 3 is 2.91 bits per heavy atom. The first-order valence-electron chi connectivity index (χ1n) is 3.43. The van der Waals surface area contributed by atoms with Gasteiger partial charge in [0, 0.05) is 18.7 Å². The van der Waals surface area contributed by atoms with Gasteiger partial charge >= 0.3 is 0 Å². The van der Waals surface area contributed by atoms with Crippen LogP contribution >= 0.6 is 11.3 Å². The van der Waals surface area contributed by atoms with Crippen LogP contribution in [0.15, 0.2) is 11.6 Å². The molecule has 0 aliphatic carbocycles. The number of hydrogen-bond acceptors (Lipinski definition) is 4. The smallest absolute Gasteiger partial charge is 0.112 e. The molecular weight excluding hydrogens is 160 g/mol. The standard InChI is InChI=1S/C7H12N2OS/c1-5(10-2)6(8)7-9-3-4-11-7/h3-6H,8H2,1-2H3. The minimum absolute atomic E-state index is 0.0288. The van der Waals surface area contributed by atoms with Crippen molar-refractivity contribution in [3.63, 3.8) is 0 Å². The van der Waals surface area contributed by atoms with Gasteiger partial charge in [0.15, 0.2) is 0 Å². The van der Waals surface area contributed by atoms with Crippen molar-refractivity contribution in [1.29, 1.82) is 0 Å². The van der Waals surface area contributed by atoms with Gasteiger partial charge in [-0.1, -0.05) is 0 Å². The highest BCUT2D eigenvalue weighted by molar-refractivity contribution is 7.09. The van der Waals surface area contributed by atoms with Crippen LogP contribution in [0.2, 0.25) is 0 Å². The maximum absolute atomic E-state index is 5.82. The van der Waals surface area contributed by atoms with Crippen molar-refractivity contribution in [2.75, 3.05) is 7.11 Å². The van der Waals surface area contributed by atoms with Gasteiger partial charge in [-0.25, -0.2) is 4.98 Å². The molecule has 1 heterocycles. The fourth-order valence-electron chi connectivity index (χ4n) is 0.746. The summed E-state index contributed by atoms with van der Waals surface area (Å²) in [5.41, 5.74) is 5.82. The summed E-state index contributed by atoms with van der Waals surface area (Å²) in [5.74, 6) is 0. The summed E-state index contributed by atoms with van der Waals surface area (Å²) in [4.78, 5) is 4.10. The van der Waals surface area contributed by atoms with Crippen LogP contribution in [-0.4, -0.2) is 18.2 Å². The molecule has 0 radical (unpaired) electrons. The molecule has 0 aromatic carbocycles. The van der Waals surface area contributed by atoms with Crippen molar-refractivity contribution in [3.8, 4) is 0 Å². The summed E-state index contributed by atoms with van der Waals surface area (Å²) in [7, 11) is 1.65. The molecule has 62 valence electrons. The molecule has 1 rings (SSSR count). The number of rotatable bonds is 3. The van der Waals surface area contributed by atoms with Crippen LogP contribution in [-0.2, 0) is 4.74 Å². The van der Waals surface area contributed by atoms with Crippen LogP contribution in [0.3, 0.4) is 0 Å². The number of ether oxygens (including phenoxy) is 1. The highest BCUT2D eigenvalue weighted by Gasteiger charge is 2.15. The Morgan fingerprint density at radius 1 is 1.73 bits per heavy atom. The van der Waals surface area contributed by atoms with E-state index in [2.05, 4.69) is 4.98 Å². The lowest BCUT2D eigenvalue weighted by Crippen LogP contribution is -2.24. The van der Waals surface area contributed by atoms with Crippen LogP contribution in [0.5, 0.6) is 0 Å². The molecule has 3 nitrogen and oxygen atoms in total. The van der Waals surface area contributed by atoms with E-state index < -0.39 is 0 Å². The molecule has 0 saturated carbocycles. The normalized spacial score (nSPS) is 16.3. The van der Waals surface area contributed by atoms with E-state index in [1.807, 2.05) is 12.3 Å². The fourth-order valence-corrected chi connectivity index (χ4v) is 1.48. The van der Waals surface area contributed by atoms with Crippen molar-refractivity contribution in [1.82, 2.24) is 4.98 Å². The number of hydrogen-bond donors (Lipinski definition) is 1. The first-order chi connectivity index (χ1) is 5.25. The van der Waals surface area contributed by atoms with Gasteiger partial charge < -0.3 is 10.5 Å². The van der Waals surface area contributed by atoms with E-state index in [4.69, 9.17) is 10.5 Å². The summed E-state index contributed by atoms with van der Waals surface area (Å²) in [6, 6.07) is -0.0972. The van der Waals surface area contributed by atoms with Gasteiger partial charge in [0.1, 0.15) is 5.01 Å². The lowest BCUT2D eigenvalue weighted by molar-refractivity contribution is 0.0956. The van der Waals surface area contributed by atoms with E-state index in [1.165, 1.54) is 0 Å². The molecule has 0 spiro atoms. The summed E-state index contributed by atoms with van der Waals surface area (Å²) < 4.78 is 5.08. The highest BCUT2D eigenvalue weighted by Crippen LogP contribution is 2.17. The van der Waals surface area contributed by atoms with Gasteiger partial charge in [-0.15, -0.1) is 11.3 Å². The molecule has 0 amide bonds. The zero-order valence-corrected chi connectivity index (χ0v) is 7.47. The monoisotopic (exact) mass is 172 g/mol. The Labute approximate surface area is 70.2 Å². The molecule has 1 aromatic rings. The minimum atomic E-state index is -0.0972. The Balaban J connectivity index is 2.62. The average Bonchev–Trinajstić information content (AvgIpc) is 2.53. The molecule has 0 aliphatic heterocycles. The maximum Gasteiger partial charge on any atom is 0.112 e. The van der Waals surface area contributed by atoms with Crippen molar-refractivity contribution >= 4 is 11.3 Å². The number of methoxy groups -OCH3 is 1. The number of aromatic nitrogens is 1. The van der Waals surface area contributed by atoms with Crippen molar-refractivity contribution < 1.29 is 4.74 Å². The molecule has 1 aromatic heterocycles. The van der Waals surface area contributed by atoms with Crippen molar-refractivity contribution in [2.24, 2.45) is 5.73 Å². The third kappa shape index (κ3) is 1.99. The average molecular weight is 172 g/mol. The first kappa shape index (κ1) is 8.64. The molecule has 2 N–H and O–H groups in total. The number of nitrogens with zero attached hydrogens (tertiary/aromatic N) is 1. The number of nitrogens with two attached hydrogens (primary N) is 1. The Bertz CT molecular complexity index is 200. The molecule has 0 saturated heterocycles. The first-order valence-corrected chi connectivity index (χ1v) is 4.31. The summed E-state index contributed by atoms with van der Waals surface area (Å²) in [6.45, 7) is 1.94. The fraction of sp³-hybridized carbons (Fsp3) is 0.571. The molecule has 0 bridgehead atoms. The molecular formula is C7H12N2OS. The predicted octanol–water partition coefficient (Wildman–Crippen LogP) is 1.18. The van der Waals surface area contributed by atoms with E-state index >= 15 is 0 Å². The van der Waals surface area contributed by atoms with Gasteiger partial charge in [0.25, 0.3) is 0 Å². The number of thiazole rings is 1. The zero-order valence-electron chi connectivity index (χ0n) is 6.65. The van der Waals surface area contributed by atoms with E-state index in [0.29, 0.717) is 0 Å². The Hall–Kier alpha value is -0.450. The van der Waals surface area contributed by atoms with Crippen LogP contribution < -0.4 is 5.73 Å². The minimum Gasteiger partial charge on any atom is -0.380 e. The molecule has 4 heteroatoms. The third-order valence-corrected chi connectivity index (χ3v) is 2.49. The maximum atomic E-state index is 5.82. The highest BCUT2D eigenvalue weighted by atomic mass is 32.1. The molecule has 2 atom stereocenters. The van der Waals surface area contributed by atoms with Crippen molar-refractivity contribution in [2.45, 2.75) is 19.1 Å². The Morgan fingerprint density at radius 2 is 2.45 bits per heavy atom. The van der Waals surface area contributed by atoms with Crippen LogP contribution in [0, 0.1) is 0 Å². The molecule has 2 unspecified atom stereocenters. The van der Waals surface area contributed by atoms with Gasteiger partial charge in [-0.3, -0.25) is 0 Å². The molecule has 0 fully saturated rings. The summed E-state index contributed by atoms with van der Waals surface area (Å²) in [6.07, 6.45) is 1.78. The van der Waals surface area contributed by atoms with Gasteiger partial charge in [-0.2, -0.15) is 0 Å². The third-order valence-electron chi connectivity index (χ3n) is 1.61. The topological polar surface area (TPSA) is 48.1 Å². The quantitative estimate of drug-likeness (QED) is 0.744. The van der Waals surface area contributed by atoms with Gasteiger partial charge in [-0.05, 0) is 6.92 Å². The van der Waals surface area contributed by atoms with E-state index in [1.54, 1.807) is 24.6 Å². The second kappa shape index (κ2) is 3.80. The molecule has 0 aliphatic rings. The van der Waals surface area contributed by atoms with Crippen LogP contribution in [0.4, 0.5) is 0 Å². The van der Waals surface area contributed by atoms with Gasteiger partial charge in [0.2, 0.25) is 0 Å². The van der Waals surface area contributed by atoms with Crippen LogP contribution in [0.25, 0.3) is 0 Å². The second-order valence-electron chi connectivity index (χ2n) is 2.34. The van der Waals surface area contributed by atoms with Crippen LogP contribution in [0.1, 0.15) is 18.0 Å². The molecule has 11 heavy (non-hydrogen) atoms. The predicted molar refractivity (Wildman–Crippen MR) is 45.5 cm³/mol. The van der Waals surface area contributed by atoms with Crippen molar-refractivity contribution in [3.05, 3.63) is 16.6 Å². The SMILES string of the molecule is COC(C)C(N)c1nccs1. The van der Waals surface area contributed by atoms with E-state index in [0.717, 1.165) is 5.01 Å². The summed E-state index contributed by atoms with van der Waals surface area (Å²) in [5, 5.41) is 2.84. The lowest BCUT2D eigenvalue weighted by Gasteiger charge is -2.15. The van der Waals surface area contributed by atoms with Gasteiger partial charge in [0.05, 0.1) is 12.1 Å².